The van der Waals surface area contributed by atoms with Crippen molar-refractivity contribution in [3.05, 3.63) is 67.7 Å². The van der Waals surface area contributed by atoms with Crippen LogP contribution in [-0.2, 0) is 6.61 Å². The van der Waals surface area contributed by atoms with Gasteiger partial charge in [0.25, 0.3) is 0 Å². The van der Waals surface area contributed by atoms with Gasteiger partial charge in [-0.2, -0.15) is 0 Å². The van der Waals surface area contributed by atoms with E-state index in [0.29, 0.717) is 36.9 Å². The van der Waals surface area contributed by atoms with Crippen molar-refractivity contribution in [1.82, 2.24) is 4.98 Å². The number of pyridine rings is 1. The molecule has 2 aromatic carbocycles. The van der Waals surface area contributed by atoms with Gasteiger partial charge in [-0.05, 0) is 37.3 Å². The topological polar surface area (TPSA) is 22.1 Å². The van der Waals surface area contributed by atoms with E-state index in [9.17, 15) is 0 Å². The first kappa shape index (κ1) is 16.7. The molecule has 0 fully saturated rings. The summed E-state index contributed by atoms with van der Waals surface area (Å²) in [4.78, 5) is 4.49. The summed E-state index contributed by atoms with van der Waals surface area (Å²) in [5.74, 6) is 0.464. The molecular weight excluding hydrogens is 376 g/mol. The Kier molecular flexibility index (Phi) is 4.88. The van der Waals surface area contributed by atoms with Gasteiger partial charge < -0.3 is 4.74 Å². The van der Waals surface area contributed by atoms with E-state index in [1.54, 1.807) is 24.3 Å². The van der Waals surface area contributed by atoms with E-state index in [0.717, 1.165) is 11.1 Å². The Morgan fingerprint density at radius 2 is 1.61 bits per heavy atom. The fourth-order valence-electron chi connectivity index (χ4n) is 2.24. The van der Waals surface area contributed by atoms with Crippen molar-refractivity contribution >= 4 is 57.3 Å². The molecular formula is C17H11Cl4NO. The lowest BCUT2D eigenvalue weighted by molar-refractivity contribution is 0.310. The van der Waals surface area contributed by atoms with Gasteiger partial charge >= 0.3 is 0 Å². The Bertz CT molecular complexity index is 875. The van der Waals surface area contributed by atoms with Crippen LogP contribution in [0.4, 0.5) is 0 Å². The molecule has 3 rings (SSSR count). The second kappa shape index (κ2) is 6.74. The summed E-state index contributed by atoms with van der Waals surface area (Å²) >= 11 is 24.9. The van der Waals surface area contributed by atoms with Crippen LogP contribution in [-0.4, -0.2) is 4.98 Å². The van der Waals surface area contributed by atoms with Crippen LogP contribution in [0.3, 0.4) is 0 Å². The molecule has 0 atom stereocenters. The van der Waals surface area contributed by atoms with Crippen molar-refractivity contribution in [3.8, 4) is 5.75 Å². The van der Waals surface area contributed by atoms with Gasteiger partial charge in [0.1, 0.15) is 12.1 Å². The molecule has 0 amide bonds. The van der Waals surface area contributed by atoms with Crippen molar-refractivity contribution in [1.29, 1.82) is 0 Å². The maximum atomic E-state index is 6.29. The third kappa shape index (κ3) is 3.36. The first-order valence-electron chi connectivity index (χ1n) is 6.78. The van der Waals surface area contributed by atoms with E-state index in [2.05, 4.69) is 4.98 Å². The van der Waals surface area contributed by atoms with Gasteiger partial charge in [0.2, 0.25) is 0 Å². The van der Waals surface area contributed by atoms with Crippen molar-refractivity contribution in [2.24, 2.45) is 0 Å². The fourth-order valence-corrected chi connectivity index (χ4v) is 3.32. The number of aryl methyl sites for hydroxylation is 1. The molecule has 3 aromatic rings. The van der Waals surface area contributed by atoms with E-state index in [1.165, 1.54) is 0 Å². The zero-order valence-corrected chi connectivity index (χ0v) is 15.1. The lowest BCUT2D eigenvalue weighted by Crippen LogP contribution is -2.00. The molecule has 0 bridgehead atoms. The van der Waals surface area contributed by atoms with Crippen LogP contribution in [0.25, 0.3) is 10.9 Å². The number of halogens is 4. The van der Waals surface area contributed by atoms with E-state index in [1.807, 2.05) is 19.1 Å². The highest BCUT2D eigenvalue weighted by molar-refractivity contribution is 6.39. The normalized spacial score (nSPS) is 11.0. The number of benzene rings is 2. The van der Waals surface area contributed by atoms with Crippen LogP contribution in [0.15, 0.2) is 36.4 Å². The smallest absolute Gasteiger partial charge is 0.164 e. The van der Waals surface area contributed by atoms with Crippen molar-refractivity contribution in [2.45, 2.75) is 13.5 Å². The van der Waals surface area contributed by atoms with Crippen LogP contribution in [0.5, 0.6) is 5.75 Å². The molecule has 0 spiro atoms. The van der Waals surface area contributed by atoms with Crippen LogP contribution in [0.1, 0.15) is 11.3 Å². The van der Waals surface area contributed by atoms with Gasteiger partial charge in [0.05, 0.1) is 10.0 Å². The first-order valence-corrected chi connectivity index (χ1v) is 8.29. The number of rotatable bonds is 3. The Hall–Kier alpha value is -1.19. The van der Waals surface area contributed by atoms with Gasteiger partial charge in [-0.25, -0.2) is 4.98 Å². The van der Waals surface area contributed by atoms with Gasteiger partial charge in [0.15, 0.2) is 5.75 Å². The molecule has 1 aromatic heterocycles. The largest absolute Gasteiger partial charge is 0.485 e. The third-order valence-corrected chi connectivity index (χ3v) is 4.70. The quantitative estimate of drug-likeness (QED) is 0.497. The minimum Gasteiger partial charge on any atom is -0.485 e. The SMILES string of the molecule is Cc1ccc2c(Cl)cc(Cl)c(OCc3c(Cl)cccc3Cl)c2n1. The van der Waals surface area contributed by atoms with E-state index in [4.69, 9.17) is 51.1 Å². The Balaban J connectivity index is 2.05. The standard InChI is InChI=1S/C17H11Cl4NO/c1-9-5-6-10-14(20)7-15(21)17(16(10)22-9)23-8-11-12(18)3-2-4-13(11)19/h2-7H,8H2,1H3. The maximum absolute atomic E-state index is 6.29. The van der Waals surface area contributed by atoms with E-state index < -0.39 is 0 Å². The second-order valence-corrected chi connectivity index (χ2v) is 6.64. The molecule has 23 heavy (non-hydrogen) atoms. The second-order valence-electron chi connectivity index (χ2n) is 5.01. The minimum atomic E-state index is 0.185. The molecule has 118 valence electrons. The first-order chi connectivity index (χ1) is 11.0. The van der Waals surface area contributed by atoms with Crippen molar-refractivity contribution in [2.75, 3.05) is 0 Å². The Labute approximate surface area is 153 Å². The molecule has 2 nitrogen and oxygen atoms in total. The molecule has 0 aliphatic carbocycles. The van der Waals surface area contributed by atoms with Crippen LogP contribution >= 0.6 is 46.4 Å². The highest BCUT2D eigenvalue weighted by Crippen LogP contribution is 2.38. The Morgan fingerprint density at radius 3 is 2.30 bits per heavy atom. The molecule has 0 saturated carbocycles. The van der Waals surface area contributed by atoms with Gasteiger partial charge in [-0.15, -0.1) is 0 Å². The molecule has 0 aliphatic heterocycles. The number of nitrogens with zero attached hydrogens (tertiary/aromatic N) is 1. The highest BCUT2D eigenvalue weighted by atomic mass is 35.5. The molecule has 1 heterocycles. The molecule has 0 aliphatic rings. The maximum Gasteiger partial charge on any atom is 0.164 e. The average molecular weight is 387 g/mol. The number of fused-ring (bicyclic) bond motifs is 1. The van der Waals surface area contributed by atoms with Crippen LogP contribution in [0, 0.1) is 6.92 Å². The van der Waals surface area contributed by atoms with Crippen molar-refractivity contribution in [3.63, 3.8) is 0 Å². The summed E-state index contributed by atoms with van der Waals surface area (Å²) < 4.78 is 5.89. The summed E-state index contributed by atoms with van der Waals surface area (Å²) in [5.41, 5.74) is 2.16. The van der Waals surface area contributed by atoms with Crippen molar-refractivity contribution < 1.29 is 4.74 Å². The van der Waals surface area contributed by atoms with Crippen LogP contribution < -0.4 is 4.74 Å². The van der Waals surface area contributed by atoms with Gasteiger partial charge in [-0.3, -0.25) is 0 Å². The average Bonchev–Trinajstić information content (AvgIpc) is 2.49. The molecule has 0 saturated heterocycles. The Morgan fingerprint density at radius 1 is 0.913 bits per heavy atom. The van der Waals surface area contributed by atoms with Crippen LogP contribution in [0.2, 0.25) is 20.1 Å². The number of hydrogen-bond donors (Lipinski definition) is 0. The zero-order chi connectivity index (χ0) is 16.6. The summed E-state index contributed by atoms with van der Waals surface area (Å²) in [6.07, 6.45) is 0. The summed E-state index contributed by atoms with van der Waals surface area (Å²) in [5, 5.41) is 2.78. The third-order valence-electron chi connectivity index (χ3n) is 3.40. The highest BCUT2D eigenvalue weighted by Gasteiger charge is 2.15. The number of aromatic nitrogens is 1. The molecule has 0 unspecified atom stereocenters. The molecule has 0 radical (unpaired) electrons. The lowest BCUT2D eigenvalue weighted by Gasteiger charge is -2.13. The summed E-state index contributed by atoms with van der Waals surface area (Å²) in [7, 11) is 0. The van der Waals surface area contributed by atoms with Gasteiger partial charge in [-0.1, -0.05) is 52.5 Å². The van der Waals surface area contributed by atoms with Gasteiger partial charge in [0, 0.05) is 26.7 Å². The molecule has 6 heteroatoms. The van der Waals surface area contributed by atoms with E-state index in [-0.39, 0.29) is 6.61 Å². The number of hydrogen-bond acceptors (Lipinski definition) is 2. The zero-order valence-electron chi connectivity index (χ0n) is 12.0. The summed E-state index contributed by atoms with van der Waals surface area (Å²) in [6, 6.07) is 10.7. The molecule has 0 N–H and O–H groups in total. The van der Waals surface area contributed by atoms with E-state index >= 15 is 0 Å². The predicted molar refractivity (Wildman–Crippen MR) is 97.3 cm³/mol. The lowest BCUT2D eigenvalue weighted by atomic mass is 10.2. The number of ether oxygens (including phenoxy) is 1. The minimum absolute atomic E-state index is 0.185. The summed E-state index contributed by atoms with van der Waals surface area (Å²) in [6.45, 7) is 2.08. The fraction of sp³-hybridized carbons (Fsp3) is 0.118. The monoisotopic (exact) mass is 385 g/mol. The predicted octanol–water partition coefficient (Wildman–Crippen LogP) is 6.74.